The molecule has 0 aliphatic heterocycles. The number of hydrogen-bond acceptors (Lipinski definition) is 5. The maximum Gasteiger partial charge on any atom is 0.339 e. The molecule has 0 saturated carbocycles. The van der Waals surface area contributed by atoms with Gasteiger partial charge in [-0.1, -0.05) is 6.92 Å². The van der Waals surface area contributed by atoms with E-state index in [2.05, 4.69) is 47.5 Å². The molecule has 0 N–H and O–H groups in total. The first-order valence-electron chi connectivity index (χ1n) is 6.90. The molecule has 0 amide bonds. The lowest BCUT2D eigenvalue weighted by molar-refractivity contribution is 0.0600. The zero-order chi connectivity index (χ0) is 15.1. The minimum Gasteiger partial charge on any atom is -0.465 e. The Morgan fingerprint density at radius 3 is 2.55 bits per heavy atom. The average Bonchev–Trinajstić information content (AvgIpc) is 2.43. The van der Waals surface area contributed by atoms with Crippen LogP contribution in [0.4, 0.5) is 0 Å². The molecule has 1 aromatic rings. The van der Waals surface area contributed by atoms with E-state index in [1.54, 1.807) is 12.3 Å². The summed E-state index contributed by atoms with van der Waals surface area (Å²) in [4.78, 5) is 20.2. The molecule has 1 aromatic heterocycles. The maximum absolute atomic E-state index is 11.4. The van der Waals surface area contributed by atoms with E-state index in [0.717, 1.165) is 25.3 Å². The number of nitrogens with zero attached hydrogens (tertiary/aromatic N) is 3. The monoisotopic (exact) mass is 279 g/mol. The summed E-state index contributed by atoms with van der Waals surface area (Å²) in [7, 11) is 5.53. The van der Waals surface area contributed by atoms with E-state index in [0.29, 0.717) is 11.6 Å². The quantitative estimate of drug-likeness (QED) is 0.710. The van der Waals surface area contributed by atoms with Crippen molar-refractivity contribution in [2.24, 2.45) is 0 Å². The number of rotatable bonds is 7. The zero-order valence-electron chi connectivity index (χ0n) is 13.1. The smallest absolute Gasteiger partial charge is 0.339 e. The summed E-state index contributed by atoms with van der Waals surface area (Å²) in [6.45, 7) is 7.12. The molecule has 112 valence electrons. The molecule has 1 atom stereocenters. The van der Waals surface area contributed by atoms with Crippen LogP contribution in [0.3, 0.4) is 0 Å². The first-order chi connectivity index (χ1) is 9.47. The molecule has 1 rings (SSSR count). The molecule has 0 spiro atoms. The molecule has 1 unspecified atom stereocenters. The molecular weight excluding hydrogens is 254 g/mol. The van der Waals surface area contributed by atoms with Crippen molar-refractivity contribution in [2.75, 3.05) is 34.3 Å². The van der Waals surface area contributed by atoms with E-state index in [9.17, 15) is 4.79 Å². The van der Waals surface area contributed by atoms with Crippen molar-refractivity contribution in [3.8, 4) is 0 Å². The second kappa shape index (κ2) is 7.97. The van der Waals surface area contributed by atoms with Crippen LogP contribution in [0.15, 0.2) is 18.3 Å². The molecular formula is C15H25N3O2. The van der Waals surface area contributed by atoms with Crippen LogP contribution in [0.1, 0.15) is 29.9 Å². The highest BCUT2D eigenvalue weighted by Crippen LogP contribution is 2.08. The highest BCUT2D eigenvalue weighted by molar-refractivity contribution is 5.88. The van der Waals surface area contributed by atoms with Gasteiger partial charge in [-0.2, -0.15) is 0 Å². The van der Waals surface area contributed by atoms with Crippen LogP contribution >= 0.6 is 0 Å². The Morgan fingerprint density at radius 2 is 2.10 bits per heavy atom. The molecule has 1 heterocycles. The maximum atomic E-state index is 11.4. The molecule has 5 nitrogen and oxygen atoms in total. The molecule has 0 bridgehead atoms. The Hall–Kier alpha value is -1.46. The summed E-state index contributed by atoms with van der Waals surface area (Å²) in [6, 6.07) is 4.10. The third-order valence-electron chi connectivity index (χ3n) is 3.27. The van der Waals surface area contributed by atoms with Gasteiger partial charge in [0.1, 0.15) is 0 Å². The molecule has 20 heavy (non-hydrogen) atoms. The van der Waals surface area contributed by atoms with Gasteiger partial charge in [-0.25, -0.2) is 4.79 Å². The van der Waals surface area contributed by atoms with Gasteiger partial charge in [-0.3, -0.25) is 9.88 Å². The molecule has 0 aliphatic rings. The standard InChI is InChI=1S/C15H25N3O2/c1-6-18(12(2)10-17(3)4)11-14-8-7-13(9-16-14)15(19)20-5/h7-9,12H,6,10-11H2,1-5H3. The first kappa shape index (κ1) is 16.6. The van der Waals surface area contributed by atoms with E-state index in [1.807, 2.05) is 6.07 Å². The van der Waals surface area contributed by atoms with Crippen molar-refractivity contribution in [2.45, 2.75) is 26.4 Å². The van der Waals surface area contributed by atoms with Crippen molar-refractivity contribution < 1.29 is 9.53 Å². The number of pyridine rings is 1. The fourth-order valence-corrected chi connectivity index (χ4v) is 2.19. The molecule has 0 saturated heterocycles. The van der Waals surface area contributed by atoms with Crippen LogP contribution in [0.2, 0.25) is 0 Å². The minimum atomic E-state index is -0.350. The third-order valence-corrected chi connectivity index (χ3v) is 3.27. The van der Waals surface area contributed by atoms with E-state index in [4.69, 9.17) is 0 Å². The molecule has 0 radical (unpaired) electrons. The van der Waals surface area contributed by atoms with Crippen LogP contribution in [-0.2, 0) is 11.3 Å². The fraction of sp³-hybridized carbons (Fsp3) is 0.600. The second-order valence-electron chi connectivity index (χ2n) is 5.20. The van der Waals surface area contributed by atoms with E-state index < -0.39 is 0 Å². The highest BCUT2D eigenvalue weighted by atomic mass is 16.5. The van der Waals surface area contributed by atoms with Crippen molar-refractivity contribution in [3.63, 3.8) is 0 Å². The summed E-state index contributed by atoms with van der Waals surface area (Å²) in [5.74, 6) is -0.350. The Kier molecular flexibility index (Phi) is 6.61. The van der Waals surface area contributed by atoms with Crippen molar-refractivity contribution >= 4 is 5.97 Å². The van der Waals surface area contributed by atoms with Crippen LogP contribution in [0, 0.1) is 0 Å². The molecule has 0 fully saturated rings. The lowest BCUT2D eigenvalue weighted by Gasteiger charge is -2.29. The van der Waals surface area contributed by atoms with Gasteiger partial charge in [-0.15, -0.1) is 0 Å². The van der Waals surface area contributed by atoms with E-state index in [-0.39, 0.29) is 5.97 Å². The number of carbonyl (C=O) groups excluding carboxylic acids is 1. The van der Waals surface area contributed by atoms with Gasteiger partial charge in [0, 0.05) is 25.3 Å². The summed E-state index contributed by atoms with van der Waals surface area (Å²) in [5, 5.41) is 0. The number of methoxy groups -OCH3 is 1. The topological polar surface area (TPSA) is 45.7 Å². The third kappa shape index (κ3) is 4.90. The van der Waals surface area contributed by atoms with Gasteiger partial charge in [0.15, 0.2) is 0 Å². The summed E-state index contributed by atoms with van der Waals surface area (Å²) < 4.78 is 4.67. The SMILES string of the molecule is CCN(Cc1ccc(C(=O)OC)cn1)C(C)CN(C)C. The number of esters is 1. The van der Waals surface area contributed by atoms with E-state index >= 15 is 0 Å². The van der Waals surface area contributed by atoms with Gasteiger partial charge in [0.2, 0.25) is 0 Å². The van der Waals surface area contributed by atoms with Crippen LogP contribution < -0.4 is 0 Å². The summed E-state index contributed by atoms with van der Waals surface area (Å²) >= 11 is 0. The van der Waals surface area contributed by atoms with Crippen molar-refractivity contribution in [3.05, 3.63) is 29.6 Å². The number of likely N-dealkylation sites (N-methyl/N-ethyl adjacent to an activating group) is 2. The van der Waals surface area contributed by atoms with Crippen molar-refractivity contribution in [1.29, 1.82) is 0 Å². The van der Waals surface area contributed by atoms with Gasteiger partial charge >= 0.3 is 5.97 Å². The number of carbonyl (C=O) groups is 1. The summed E-state index contributed by atoms with van der Waals surface area (Å²) in [5.41, 5.74) is 1.45. The lowest BCUT2D eigenvalue weighted by Crippen LogP contribution is -2.39. The number of ether oxygens (including phenoxy) is 1. The average molecular weight is 279 g/mol. The number of aromatic nitrogens is 1. The molecule has 5 heteroatoms. The predicted octanol–water partition coefficient (Wildman–Crippen LogP) is 1.64. The molecule has 0 aromatic carbocycles. The van der Waals surface area contributed by atoms with Crippen LogP contribution in [0.25, 0.3) is 0 Å². The highest BCUT2D eigenvalue weighted by Gasteiger charge is 2.14. The van der Waals surface area contributed by atoms with Gasteiger partial charge in [0.05, 0.1) is 18.4 Å². The van der Waals surface area contributed by atoms with Gasteiger partial charge in [-0.05, 0) is 39.7 Å². The number of hydrogen-bond donors (Lipinski definition) is 0. The normalized spacial score (nSPS) is 12.8. The lowest BCUT2D eigenvalue weighted by atomic mass is 10.2. The first-order valence-corrected chi connectivity index (χ1v) is 6.90. The summed E-state index contributed by atoms with van der Waals surface area (Å²) in [6.07, 6.45) is 1.58. The molecule has 0 aliphatic carbocycles. The fourth-order valence-electron chi connectivity index (χ4n) is 2.19. The Morgan fingerprint density at radius 1 is 1.40 bits per heavy atom. The van der Waals surface area contributed by atoms with Crippen LogP contribution in [0.5, 0.6) is 0 Å². The largest absolute Gasteiger partial charge is 0.465 e. The van der Waals surface area contributed by atoms with Crippen molar-refractivity contribution in [1.82, 2.24) is 14.8 Å². The Balaban J connectivity index is 2.68. The Labute approximate surface area is 121 Å². The zero-order valence-corrected chi connectivity index (χ0v) is 13.1. The van der Waals surface area contributed by atoms with Gasteiger partial charge in [0.25, 0.3) is 0 Å². The van der Waals surface area contributed by atoms with Crippen LogP contribution in [-0.4, -0.2) is 61.1 Å². The Bertz CT molecular complexity index is 418. The second-order valence-corrected chi connectivity index (χ2v) is 5.20. The predicted molar refractivity (Wildman–Crippen MR) is 79.7 cm³/mol. The van der Waals surface area contributed by atoms with Gasteiger partial charge < -0.3 is 9.64 Å². The minimum absolute atomic E-state index is 0.350. The van der Waals surface area contributed by atoms with E-state index in [1.165, 1.54) is 7.11 Å².